The fourth-order valence-electron chi connectivity index (χ4n) is 2.98. The van der Waals surface area contributed by atoms with E-state index in [1.54, 1.807) is 11.3 Å². The molecule has 2 unspecified atom stereocenters. The van der Waals surface area contributed by atoms with Crippen LogP contribution in [0, 0.1) is 12.8 Å². The van der Waals surface area contributed by atoms with Gasteiger partial charge in [0.25, 0.3) is 0 Å². The van der Waals surface area contributed by atoms with Crippen LogP contribution < -0.4 is 5.32 Å². The molecule has 2 atom stereocenters. The van der Waals surface area contributed by atoms with Gasteiger partial charge < -0.3 is 5.32 Å². The van der Waals surface area contributed by atoms with Gasteiger partial charge in [0.2, 0.25) is 0 Å². The summed E-state index contributed by atoms with van der Waals surface area (Å²) in [6, 6.07) is 2.19. The maximum atomic E-state index is 4.82. The smallest absolute Gasteiger partial charge is 0.138 e. The van der Waals surface area contributed by atoms with E-state index in [0.717, 1.165) is 28.9 Å². The quantitative estimate of drug-likeness (QED) is 0.905. The molecule has 0 aliphatic heterocycles. The molecule has 3 rings (SSSR count). The fraction of sp³-hybridized carbons (Fsp3) is 0.600. The zero-order chi connectivity index (χ0) is 13.4. The second-order valence-electron chi connectivity index (χ2n) is 5.65. The van der Waals surface area contributed by atoms with Crippen LogP contribution in [0.2, 0.25) is 0 Å². The Labute approximate surface area is 118 Å². The average molecular weight is 275 g/mol. The number of aromatic nitrogens is 2. The normalized spacial score (nSPS) is 23.1. The SMILES string of the molecule is CCNc1nc(C2CCC(C)C2)nc2sc(C)cc12. The van der Waals surface area contributed by atoms with Crippen molar-refractivity contribution in [3.8, 4) is 0 Å². The van der Waals surface area contributed by atoms with Crippen molar-refractivity contribution in [1.82, 2.24) is 9.97 Å². The number of thiophene rings is 1. The molecule has 1 aliphatic rings. The summed E-state index contributed by atoms with van der Waals surface area (Å²) in [6.07, 6.45) is 3.79. The first kappa shape index (κ1) is 12.9. The van der Waals surface area contributed by atoms with E-state index < -0.39 is 0 Å². The van der Waals surface area contributed by atoms with E-state index in [-0.39, 0.29) is 0 Å². The third-order valence-electron chi connectivity index (χ3n) is 3.94. The molecule has 1 fully saturated rings. The Bertz CT molecular complexity index is 590. The van der Waals surface area contributed by atoms with Gasteiger partial charge in [0.15, 0.2) is 0 Å². The van der Waals surface area contributed by atoms with Crippen molar-refractivity contribution >= 4 is 27.4 Å². The number of aryl methyl sites for hydroxylation is 1. The highest BCUT2D eigenvalue weighted by atomic mass is 32.1. The second-order valence-corrected chi connectivity index (χ2v) is 6.89. The molecule has 0 amide bonds. The highest BCUT2D eigenvalue weighted by Crippen LogP contribution is 2.38. The number of nitrogens with zero attached hydrogens (tertiary/aromatic N) is 2. The van der Waals surface area contributed by atoms with E-state index in [1.807, 2.05) is 0 Å². The molecule has 2 heterocycles. The Kier molecular flexibility index (Phi) is 3.44. The molecule has 102 valence electrons. The molecule has 0 spiro atoms. The number of hydrogen-bond donors (Lipinski definition) is 1. The predicted molar refractivity (Wildman–Crippen MR) is 82.1 cm³/mol. The average Bonchev–Trinajstić information content (AvgIpc) is 2.94. The predicted octanol–water partition coefficient (Wildman–Crippen LogP) is 4.34. The Balaban J connectivity index is 2.05. The maximum Gasteiger partial charge on any atom is 0.138 e. The molecule has 19 heavy (non-hydrogen) atoms. The van der Waals surface area contributed by atoms with E-state index in [2.05, 4.69) is 32.2 Å². The molecule has 0 bridgehead atoms. The van der Waals surface area contributed by atoms with Crippen molar-refractivity contribution in [3.05, 3.63) is 16.8 Å². The van der Waals surface area contributed by atoms with Gasteiger partial charge in [0.1, 0.15) is 16.5 Å². The van der Waals surface area contributed by atoms with Gasteiger partial charge in [-0.25, -0.2) is 9.97 Å². The minimum Gasteiger partial charge on any atom is -0.370 e. The zero-order valence-corrected chi connectivity index (χ0v) is 12.7. The van der Waals surface area contributed by atoms with E-state index in [9.17, 15) is 0 Å². The number of fused-ring (bicyclic) bond motifs is 1. The topological polar surface area (TPSA) is 37.8 Å². The zero-order valence-electron chi connectivity index (χ0n) is 11.9. The van der Waals surface area contributed by atoms with Gasteiger partial charge in [-0.05, 0) is 45.1 Å². The third-order valence-corrected chi connectivity index (χ3v) is 4.88. The van der Waals surface area contributed by atoms with Crippen LogP contribution in [-0.2, 0) is 0 Å². The van der Waals surface area contributed by atoms with Crippen LogP contribution in [0.4, 0.5) is 5.82 Å². The minimum absolute atomic E-state index is 0.555. The maximum absolute atomic E-state index is 4.82. The van der Waals surface area contributed by atoms with Gasteiger partial charge >= 0.3 is 0 Å². The van der Waals surface area contributed by atoms with E-state index in [0.29, 0.717) is 5.92 Å². The molecule has 2 aromatic heterocycles. The highest BCUT2D eigenvalue weighted by molar-refractivity contribution is 7.18. The van der Waals surface area contributed by atoms with Gasteiger partial charge in [0, 0.05) is 17.3 Å². The lowest BCUT2D eigenvalue weighted by Crippen LogP contribution is -2.06. The molecule has 0 saturated heterocycles. The lowest BCUT2D eigenvalue weighted by Gasteiger charge is -2.11. The summed E-state index contributed by atoms with van der Waals surface area (Å²) in [5.41, 5.74) is 0. The minimum atomic E-state index is 0.555. The van der Waals surface area contributed by atoms with Gasteiger partial charge in [-0.2, -0.15) is 0 Å². The Morgan fingerprint density at radius 2 is 2.21 bits per heavy atom. The van der Waals surface area contributed by atoms with E-state index >= 15 is 0 Å². The van der Waals surface area contributed by atoms with E-state index in [1.165, 1.54) is 29.5 Å². The number of nitrogens with one attached hydrogen (secondary N) is 1. The molecule has 4 heteroatoms. The number of anilines is 1. The highest BCUT2D eigenvalue weighted by Gasteiger charge is 2.26. The lowest BCUT2D eigenvalue weighted by atomic mass is 10.1. The fourth-order valence-corrected chi connectivity index (χ4v) is 3.87. The van der Waals surface area contributed by atoms with Crippen LogP contribution in [0.15, 0.2) is 6.07 Å². The monoisotopic (exact) mass is 275 g/mol. The molecule has 3 nitrogen and oxygen atoms in total. The molecule has 0 aromatic carbocycles. The summed E-state index contributed by atoms with van der Waals surface area (Å²) >= 11 is 1.77. The van der Waals surface area contributed by atoms with Crippen LogP contribution in [0.5, 0.6) is 0 Å². The third kappa shape index (κ3) is 2.46. The summed E-state index contributed by atoms with van der Waals surface area (Å²) in [6.45, 7) is 7.49. The Hall–Kier alpha value is -1.16. The van der Waals surface area contributed by atoms with Crippen LogP contribution >= 0.6 is 11.3 Å². The molecule has 1 N–H and O–H groups in total. The van der Waals surface area contributed by atoms with Crippen LogP contribution in [0.3, 0.4) is 0 Å². The van der Waals surface area contributed by atoms with E-state index in [4.69, 9.17) is 9.97 Å². The lowest BCUT2D eigenvalue weighted by molar-refractivity contribution is 0.587. The number of rotatable bonds is 3. The van der Waals surface area contributed by atoms with Crippen molar-refractivity contribution in [2.75, 3.05) is 11.9 Å². The summed E-state index contributed by atoms with van der Waals surface area (Å²) in [7, 11) is 0. The van der Waals surface area contributed by atoms with Gasteiger partial charge in [-0.3, -0.25) is 0 Å². The Morgan fingerprint density at radius 1 is 1.37 bits per heavy atom. The first-order chi connectivity index (χ1) is 9.17. The van der Waals surface area contributed by atoms with Gasteiger partial charge in [-0.15, -0.1) is 11.3 Å². The summed E-state index contributed by atoms with van der Waals surface area (Å²) < 4.78 is 0. The number of hydrogen-bond acceptors (Lipinski definition) is 4. The van der Waals surface area contributed by atoms with Crippen molar-refractivity contribution in [3.63, 3.8) is 0 Å². The summed E-state index contributed by atoms with van der Waals surface area (Å²) in [4.78, 5) is 12.1. The van der Waals surface area contributed by atoms with Gasteiger partial charge in [-0.1, -0.05) is 6.92 Å². The van der Waals surface area contributed by atoms with Crippen molar-refractivity contribution in [1.29, 1.82) is 0 Å². The van der Waals surface area contributed by atoms with Crippen LogP contribution in [0.25, 0.3) is 10.2 Å². The largest absolute Gasteiger partial charge is 0.370 e. The van der Waals surface area contributed by atoms with Crippen molar-refractivity contribution < 1.29 is 0 Å². The molecule has 0 radical (unpaired) electrons. The first-order valence-corrected chi connectivity index (χ1v) is 8.01. The molecular formula is C15H21N3S. The van der Waals surface area contributed by atoms with Gasteiger partial charge in [0.05, 0.1) is 5.39 Å². The summed E-state index contributed by atoms with van der Waals surface area (Å²) in [5.74, 6) is 3.44. The Morgan fingerprint density at radius 3 is 2.89 bits per heavy atom. The molecule has 2 aromatic rings. The standard InChI is InChI=1S/C15H21N3S/c1-4-16-14-12-8-10(3)19-15(12)18-13(17-14)11-6-5-9(2)7-11/h8-9,11H,4-7H2,1-3H3,(H,16,17,18). The van der Waals surface area contributed by atoms with Crippen LogP contribution in [-0.4, -0.2) is 16.5 Å². The molecule has 1 saturated carbocycles. The molecule has 1 aliphatic carbocycles. The van der Waals surface area contributed by atoms with Crippen molar-refractivity contribution in [2.45, 2.75) is 46.0 Å². The van der Waals surface area contributed by atoms with Crippen LogP contribution in [0.1, 0.15) is 49.7 Å². The second kappa shape index (κ2) is 5.08. The first-order valence-electron chi connectivity index (χ1n) is 7.19. The van der Waals surface area contributed by atoms with Crippen molar-refractivity contribution in [2.24, 2.45) is 5.92 Å². The molecular weight excluding hydrogens is 254 g/mol. The summed E-state index contributed by atoms with van der Waals surface area (Å²) in [5, 5.41) is 4.57.